The van der Waals surface area contributed by atoms with Crippen LogP contribution < -0.4 is 5.32 Å². The molecule has 0 aliphatic heterocycles. The minimum absolute atomic E-state index is 0.138. The van der Waals surface area contributed by atoms with E-state index in [0.29, 0.717) is 5.56 Å². The Morgan fingerprint density at radius 1 is 1.15 bits per heavy atom. The third-order valence-corrected chi connectivity index (χ3v) is 3.05. The zero-order chi connectivity index (χ0) is 20.0. The molecule has 26 heavy (non-hydrogen) atoms. The monoisotopic (exact) mass is 377 g/mol. The van der Waals surface area contributed by atoms with Gasteiger partial charge in [0.2, 0.25) is 0 Å². The van der Waals surface area contributed by atoms with Gasteiger partial charge in [0, 0.05) is 0 Å². The summed E-state index contributed by atoms with van der Waals surface area (Å²) in [5, 5.41) is 11.3. The molecule has 0 aliphatic rings. The first kappa shape index (κ1) is 21.8. The van der Waals surface area contributed by atoms with Gasteiger partial charge in [0.15, 0.2) is 6.10 Å². The number of carbonyl (C=O) groups is 2. The summed E-state index contributed by atoms with van der Waals surface area (Å²) in [6.07, 6.45) is -10.0. The van der Waals surface area contributed by atoms with E-state index in [9.17, 15) is 27.9 Å². The lowest BCUT2D eigenvalue weighted by atomic mass is 10.1. The molecule has 0 radical (unpaired) electrons. The number of alkyl carbamates (subject to hydrolysis) is 1. The van der Waals surface area contributed by atoms with E-state index >= 15 is 0 Å². The van der Waals surface area contributed by atoms with Crippen LogP contribution in [0, 0.1) is 0 Å². The zero-order valence-electron chi connectivity index (χ0n) is 14.7. The number of halogens is 3. The third kappa shape index (κ3) is 8.19. The van der Waals surface area contributed by atoms with Crippen molar-refractivity contribution in [3.05, 3.63) is 35.9 Å². The molecule has 0 aliphatic carbocycles. The van der Waals surface area contributed by atoms with Gasteiger partial charge in [0.25, 0.3) is 0 Å². The Kier molecular flexibility index (Phi) is 7.43. The predicted octanol–water partition coefficient (Wildman–Crippen LogP) is 2.94. The molecule has 9 heteroatoms. The summed E-state index contributed by atoms with van der Waals surface area (Å²) < 4.78 is 48.1. The van der Waals surface area contributed by atoms with Crippen LogP contribution in [0.2, 0.25) is 0 Å². The molecule has 1 aromatic rings. The van der Waals surface area contributed by atoms with Crippen molar-refractivity contribution in [2.45, 2.75) is 57.7 Å². The number of rotatable bonds is 6. The molecule has 0 heterocycles. The standard InChI is InChI=1S/C17H22F3NO5/c1-16(2,3)26-15(24)21-12(14(23)17(18,19)20)9-13(22)25-10-11-7-5-4-6-8-11/h4-8,12,14,23H,9-10H2,1-3H3,(H,21,24). The van der Waals surface area contributed by atoms with E-state index in [1.54, 1.807) is 30.3 Å². The van der Waals surface area contributed by atoms with Crippen LogP contribution in [0.3, 0.4) is 0 Å². The molecular weight excluding hydrogens is 355 g/mol. The molecule has 2 N–H and O–H groups in total. The van der Waals surface area contributed by atoms with Crippen molar-refractivity contribution in [3.63, 3.8) is 0 Å². The maximum absolute atomic E-state index is 12.8. The number of aliphatic hydroxyl groups is 1. The molecule has 1 amide bonds. The molecular formula is C17H22F3NO5. The Morgan fingerprint density at radius 3 is 2.23 bits per heavy atom. The molecule has 0 fully saturated rings. The highest BCUT2D eigenvalue weighted by Crippen LogP contribution is 2.24. The van der Waals surface area contributed by atoms with Gasteiger partial charge in [-0.05, 0) is 26.3 Å². The van der Waals surface area contributed by atoms with Crippen molar-refractivity contribution >= 4 is 12.1 Å². The van der Waals surface area contributed by atoms with E-state index < -0.39 is 42.4 Å². The smallest absolute Gasteiger partial charge is 0.416 e. The Morgan fingerprint density at radius 2 is 1.73 bits per heavy atom. The number of esters is 1. The maximum atomic E-state index is 12.8. The highest BCUT2D eigenvalue weighted by molar-refractivity contribution is 5.73. The second kappa shape index (κ2) is 8.88. The summed E-state index contributed by atoms with van der Waals surface area (Å²) in [6.45, 7) is 4.43. The summed E-state index contributed by atoms with van der Waals surface area (Å²) in [6, 6.07) is 6.59. The topological polar surface area (TPSA) is 84.9 Å². The van der Waals surface area contributed by atoms with Gasteiger partial charge < -0.3 is 19.9 Å². The lowest BCUT2D eigenvalue weighted by Gasteiger charge is -2.27. The van der Waals surface area contributed by atoms with Crippen LogP contribution in [0.25, 0.3) is 0 Å². The molecule has 0 bridgehead atoms. The number of hydrogen-bond acceptors (Lipinski definition) is 5. The van der Waals surface area contributed by atoms with Gasteiger partial charge in [-0.15, -0.1) is 0 Å². The van der Waals surface area contributed by atoms with Crippen molar-refractivity contribution in [1.82, 2.24) is 5.32 Å². The number of aliphatic hydroxyl groups excluding tert-OH is 1. The molecule has 146 valence electrons. The van der Waals surface area contributed by atoms with Crippen molar-refractivity contribution in [2.24, 2.45) is 0 Å². The quantitative estimate of drug-likeness (QED) is 0.745. The molecule has 6 nitrogen and oxygen atoms in total. The number of carbonyl (C=O) groups excluding carboxylic acids is 2. The number of nitrogens with one attached hydrogen (secondary N) is 1. The minimum atomic E-state index is -5.03. The molecule has 1 aromatic carbocycles. The average Bonchev–Trinajstić information content (AvgIpc) is 2.50. The molecule has 0 aromatic heterocycles. The number of alkyl halides is 3. The highest BCUT2D eigenvalue weighted by atomic mass is 19.4. The summed E-state index contributed by atoms with van der Waals surface area (Å²) >= 11 is 0. The Balaban J connectivity index is 2.71. The van der Waals surface area contributed by atoms with Gasteiger partial charge in [-0.2, -0.15) is 13.2 Å². The molecule has 2 atom stereocenters. The first-order valence-corrected chi connectivity index (χ1v) is 7.82. The Labute approximate surface area is 149 Å². The predicted molar refractivity (Wildman–Crippen MR) is 86.1 cm³/mol. The van der Waals surface area contributed by atoms with Gasteiger partial charge in [0.1, 0.15) is 12.2 Å². The third-order valence-electron chi connectivity index (χ3n) is 3.05. The van der Waals surface area contributed by atoms with E-state index in [0.717, 1.165) is 0 Å². The first-order chi connectivity index (χ1) is 11.9. The maximum Gasteiger partial charge on any atom is 0.416 e. The summed E-state index contributed by atoms with van der Waals surface area (Å²) in [7, 11) is 0. The zero-order valence-corrected chi connectivity index (χ0v) is 14.7. The van der Waals surface area contributed by atoms with Crippen LogP contribution in [-0.4, -0.2) is 41.1 Å². The van der Waals surface area contributed by atoms with Crippen LogP contribution in [0.5, 0.6) is 0 Å². The fraction of sp³-hybridized carbons (Fsp3) is 0.529. The van der Waals surface area contributed by atoms with Crippen molar-refractivity contribution in [2.75, 3.05) is 0 Å². The molecule has 2 unspecified atom stereocenters. The first-order valence-electron chi connectivity index (χ1n) is 7.82. The van der Waals surface area contributed by atoms with Gasteiger partial charge in [-0.3, -0.25) is 4.79 Å². The van der Waals surface area contributed by atoms with Gasteiger partial charge in [0.05, 0.1) is 12.5 Å². The van der Waals surface area contributed by atoms with Crippen LogP contribution in [0.1, 0.15) is 32.8 Å². The number of hydrogen-bond donors (Lipinski definition) is 2. The van der Waals surface area contributed by atoms with E-state index in [1.165, 1.54) is 20.8 Å². The van der Waals surface area contributed by atoms with E-state index in [2.05, 4.69) is 0 Å². The summed E-state index contributed by atoms with van der Waals surface area (Å²) in [4.78, 5) is 23.5. The molecule has 0 saturated carbocycles. The van der Waals surface area contributed by atoms with E-state index in [4.69, 9.17) is 9.47 Å². The van der Waals surface area contributed by atoms with Crippen LogP contribution >= 0.6 is 0 Å². The van der Waals surface area contributed by atoms with Gasteiger partial charge in [-0.25, -0.2) is 4.79 Å². The van der Waals surface area contributed by atoms with E-state index in [-0.39, 0.29) is 6.61 Å². The Hall–Kier alpha value is -2.29. The second-order valence-corrected chi connectivity index (χ2v) is 6.59. The minimum Gasteiger partial charge on any atom is -0.461 e. The Bertz CT molecular complexity index is 599. The van der Waals surface area contributed by atoms with Crippen LogP contribution in [0.15, 0.2) is 30.3 Å². The lowest BCUT2D eigenvalue weighted by molar-refractivity contribution is -0.212. The fourth-order valence-corrected chi connectivity index (χ4v) is 1.91. The van der Waals surface area contributed by atoms with Crippen LogP contribution in [0.4, 0.5) is 18.0 Å². The van der Waals surface area contributed by atoms with Crippen molar-refractivity contribution in [3.8, 4) is 0 Å². The summed E-state index contributed by atoms with van der Waals surface area (Å²) in [5.74, 6) is -1.00. The lowest BCUT2D eigenvalue weighted by Crippen LogP contribution is -2.52. The number of amides is 1. The fourth-order valence-electron chi connectivity index (χ4n) is 1.91. The second-order valence-electron chi connectivity index (χ2n) is 6.59. The normalized spacial score (nSPS) is 14.3. The van der Waals surface area contributed by atoms with E-state index in [1.807, 2.05) is 5.32 Å². The highest BCUT2D eigenvalue weighted by Gasteiger charge is 2.45. The molecule has 1 rings (SSSR count). The SMILES string of the molecule is CC(C)(C)OC(=O)NC(CC(=O)OCc1ccccc1)C(O)C(F)(F)F. The number of benzene rings is 1. The van der Waals surface area contributed by atoms with Crippen molar-refractivity contribution in [1.29, 1.82) is 0 Å². The van der Waals surface area contributed by atoms with Crippen molar-refractivity contribution < 1.29 is 37.3 Å². The van der Waals surface area contributed by atoms with Crippen LogP contribution in [-0.2, 0) is 20.9 Å². The largest absolute Gasteiger partial charge is 0.461 e. The summed E-state index contributed by atoms with van der Waals surface area (Å²) in [5.41, 5.74) is -0.306. The van der Waals surface area contributed by atoms with Gasteiger partial charge >= 0.3 is 18.2 Å². The number of ether oxygens (including phenoxy) is 2. The molecule has 0 spiro atoms. The molecule has 0 saturated heterocycles. The average molecular weight is 377 g/mol. The van der Waals surface area contributed by atoms with Gasteiger partial charge in [-0.1, -0.05) is 30.3 Å².